The van der Waals surface area contributed by atoms with E-state index in [0.29, 0.717) is 18.2 Å². The van der Waals surface area contributed by atoms with Gasteiger partial charge in [0.05, 0.1) is 0 Å². The minimum Gasteiger partial charge on any atom is -0.293 e. The Kier molecular flexibility index (Phi) is 3.42. The summed E-state index contributed by atoms with van der Waals surface area (Å²) >= 11 is 0. The van der Waals surface area contributed by atoms with Crippen LogP contribution < -0.4 is 5.32 Å². The van der Waals surface area contributed by atoms with E-state index in [1.54, 1.807) is 6.92 Å². The summed E-state index contributed by atoms with van der Waals surface area (Å²) in [6.45, 7) is 3.83. The molecular weight excluding hydrogens is 168 g/mol. The van der Waals surface area contributed by atoms with Gasteiger partial charge in [-0.15, -0.1) is 5.10 Å². The summed E-state index contributed by atoms with van der Waals surface area (Å²) in [5.74, 6) is 1.03. The van der Waals surface area contributed by atoms with Gasteiger partial charge in [0.15, 0.2) is 0 Å². The molecule has 0 aliphatic carbocycles. The molecule has 5 nitrogen and oxygen atoms in total. The molecule has 1 heterocycles. The van der Waals surface area contributed by atoms with Crippen molar-refractivity contribution in [3.63, 3.8) is 0 Å². The van der Waals surface area contributed by atoms with Crippen LogP contribution in [0.25, 0.3) is 0 Å². The van der Waals surface area contributed by atoms with E-state index in [4.69, 9.17) is 0 Å². The van der Waals surface area contributed by atoms with Crippen molar-refractivity contribution in [3.05, 3.63) is 5.82 Å². The number of aromatic amines is 1. The Balaban J connectivity index is 2.36. The molecule has 0 aliphatic heterocycles. The Morgan fingerprint density at radius 2 is 2.38 bits per heavy atom. The molecule has 2 N–H and O–H groups in total. The van der Waals surface area contributed by atoms with Gasteiger partial charge >= 0.3 is 0 Å². The summed E-state index contributed by atoms with van der Waals surface area (Å²) in [6.07, 6.45) is 2.44. The minimum atomic E-state index is -0.0270. The summed E-state index contributed by atoms with van der Waals surface area (Å²) in [6, 6.07) is 0. The van der Waals surface area contributed by atoms with E-state index >= 15 is 0 Å². The molecule has 0 unspecified atom stereocenters. The number of unbranched alkanes of at least 4 members (excludes halogenated alkanes) is 1. The highest BCUT2D eigenvalue weighted by atomic mass is 16.1. The van der Waals surface area contributed by atoms with Crippen LogP contribution >= 0.6 is 0 Å². The van der Waals surface area contributed by atoms with E-state index < -0.39 is 0 Å². The summed E-state index contributed by atoms with van der Waals surface area (Å²) < 4.78 is 0. The molecule has 1 rings (SSSR count). The second kappa shape index (κ2) is 4.59. The molecule has 0 bridgehead atoms. The molecule has 0 saturated carbocycles. The fraction of sp³-hybridized carbons (Fsp3) is 0.625. The van der Waals surface area contributed by atoms with Crippen molar-refractivity contribution in [2.24, 2.45) is 0 Å². The zero-order valence-electron chi connectivity index (χ0n) is 7.92. The maximum atomic E-state index is 11.2. The average Bonchev–Trinajstić information content (AvgIpc) is 2.48. The van der Waals surface area contributed by atoms with Crippen molar-refractivity contribution in [1.82, 2.24) is 15.2 Å². The van der Waals surface area contributed by atoms with Crippen LogP contribution in [0.4, 0.5) is 5.95 Å². The molecule has 0 radical (unpaired) electrons. The number of aromatic nitrogens is 3. The highest BCUT2D eigenvalue weighted by molar-refractivity contribution is 5.88. The first kappa shape index (κ1) is 9.70. The van der Waals surface area contributed by atoms with Gasteiger partial charge in [0.1, 0.15) is 5.82 Å². The fourth-order valence-electron chi connectivity index (χ4n) is 0.923. The number of carbonyl (C=O) groups excluding carboxylic acids is 1. The number of aryl methyl sites for hydroxylation is 1. The number of hydrogen-bond acceptors (Lipinski definition) is 3. The van der Waals surface area contributed by atoms with Crippen LogP contribution in [0.15, 0.2) is 0 Å². The molecule has 0 fully saturated rings. The second-order valence-corrected chi connectivity index (χ2v) is 2.90. The van der Waals surface area contributed by atoms with Gasteiger partial charge in [-0.2, -0.15) is 4.98 Å². The quantitative estimate of drug-likeness (QED) is 0.736. The lowest BCUT2D eigenvalue weighted by atomic mass is 10.2. The van der Waals surface area contributed by atoms with Crippen molar-refractivity contribution in [1.29, 1.82) is 0 Å². The van der Waals surface area contributed by atoms with Crippen molar-refractivity contribution >= 4 is 11.9 Å². The predicted octanol–water partition coefficient (Wildman–Crippen LogP) is 1.24. The highest BCUT2D eigenvalue weighted by Crippen LogP contribution is 2.00. The lowest BCUT2D eigenvalue weighted by Gasteiger charge is -1.97. The van der Waals surface area contributed by atoms with Crippen LogP contribution in [-0.2, 0) is 4.79 Å². The SMILES string of the molecule is CCCCC(=O)Nc1n[nH]c(C)n1. The number of carbonyl (C=O) groups is 1. The minimum absolute atomic E-state index is 0.0270. The number of anilines is 1. The summed E-state index contributed by atoms with van der Waals surface area (Å²) in [5.41, 5.74) is 0. The zero-order valence-corrected chi connectivity index (χ0v) is 7.92. The molecule has 0 atom stereocenters. The molecule has 13 heavy (non-hydrogen) atoms. The van der Waals surface area contributed by atoms with Gasteiger partial charge in [0.2, 0.25) is 11.9 Å². The van der Waals surface area contributed by atoms with E-state index in [0.717, 1.165) is 12.8 Å². The molecule has 1 amide bonds. The molecule has 0 aromatic carbocycles. The van der Waals surface area contributed by atoms with Gasteiger partial charge < -0.3 is 0 Å². The molecular formula is C8H14N4O. The zero-order chi connectivity index (χ0) is 9.68. The topological polar surface area (TPSA) is 70.7 Å². The Labute approximate surface area is 76.9 Å². The van der Waals surface area contributed by atoms with E-state index in [1.807, 2.05) is 6.92 Å². The highest BCUT2D eigenvalue weighted by Gasteiger charge is 2.04. The van der Waals surface area contributed by atoms with Gasteiger partial charge in [-0.05, 0) is 13.3 Å². The Morgan fingerprint density at radius 3 is 2.92 bits per heavy atom. The molecule has 0 aliphatic rings. The monoisotopic (exact) mass is 182 g/mol. The van der Waals surface area contributed by atoms with E-state index in [-0.39, 0.29) is 5.91 Å². The largest absolute Gasteiger partial charge is 0.293 e. The van der Waals surface area contributed by atoms with Crippen molar-refractivity contribution < 1.29 is 4.79 Å². The third-order valence-electron chi connectivity index (χ3n) is 1.61. The molecule has 72 valence electrons. The van der Waals surface area contributed by atoms with Gasteiger partial charge in [-0.1, -0.05) is 13.3 Å². The van der Waals surface area contributed by atoms with Crippen LogP contribution in [0.5, 0.6) is 0 Å². The summed E-state index contributed by atoms with van der Waals surface area (Å²) in [5, 5.41) is 9.06. The molecule has 5 heteroatoms. The van der Waals surface area contributed by atoms with Crippen molar-refractivity contribution in [2.75, 3.05) is 5.32 Å². The first-order valence-electron chi connectivity index (χ1n) is 4.41. The van der Waals surface area contributed by atoms with Gasteiger partial charge in [-0.3, -0.25) is 15.2 Å². The predicted molar refractivity (Wildman–Crippen MR) is 49.3 cm³/mol. The summed E-state index contributed by atoms with van der Waals surface area (Å²) in [7, 11) is 0. The number of hydrogen-bond donors (Lipinski definition) is 2. The third kappa shape index (κ3) is 3.23. The third-order valence-corrected chi connectivity index (χ3v) is 1.61. The van der Waals surface area contributed by atoms with Gasteiger partial charge in [0.25, 0.3) is 0 Å². The van der Waals surface area contributed by atoms with E-state index in [2.05, 4.69) is 20.5 Å². The van der Waals surface area contributed by atoms with Crippen LogP contribution in [0, 0.1) is 6.92 Å². The average molecular weight is 182 g/mol. The smallest absolute Gasteiger partial charge is 0.248 e. The van der Waals surface area contributed by atoms with Crippen LogP contribution in [0.2, 0.25) is 0 Å². The lowest BCUT2D eigenvalue weighted by Crippen LogP contribution is -2.12. The molecule has 0 saturated heterocycles. The number of nitrogens with zero attached hydrogens (tertiary/aromatic N) is 2. The fourth-order valence-corrected chi connectivity index (χ4v) is 0.923. The standard InChI is InChI=1S/C8H14N4O/c1-3-4-5-7(13)10-8-9-6(2)11-12-8/h3-5H2,1-2H3,(H2,9,10,11,12,13). The van der Waals surface area contributed by atoms with Gasteiger partial charge in [-0.25, -0.2) is 0 Å². The Hall–Kier alpha value is -1.39. The van der Waals surface area contributed by atoms with Crippen LogP contribution in [0.3, 0.4) is 0 Å². The van der Waals surface area contributed by atoms with Crippen molar-refractivity contribution in [2.45, 2.75) is 33.1 Å². The normalized spacial score (nSPS) is 10.0. The number of nitrogens with one attached hydrogen (secondary N) is 2. The van der Waals surface area contributed by atoms with Gasteiger partial charge in [0, 0.05) is 6.42 Å². The van der Waals surface area contributed by atoms with Crippen LogP contribution in [-0.4, -0.2) is 21.1 Å². The van der Waals surface area contributed by atoms with Crippen molar-refractivity contribution in [3.8, 4) is 0 Å². The number of rotatable bonds is 4. The summed E-state index contributed by atoms with van der Waals surface area (Å²) in [4.78, 5) is 15.1. The first-order valence-corrected chi connectivity index (χ1v) is 4.41. The second-order valence-electron chi connectivity index (χ2n) is 2.90. The molecule has 1 aromatic rings. The molecule has 0 spiro atoms. The molecule has 1 aromatic heterocycles. The maximum Gasteiger partial charge on any atom is 0.248 e. The number of amides is 1. The Bertz CT molecular complexity index is 281. The lowest BCUT2D eigenvalue weighted by molar-refractivity contribution is -0.116. The maximum absolute atomic E-state index is 11.2. The number of H-pyrrole nitrogens is 1. The van der Waals surface area contributed by atoms with Crippen LogP contribution in [0.1, 0.15) is 32.0 Å². The first-order chi connectivity index (χ1) is 6.22. The van der Waals surface area contributed by atoms with E-state index in [1.165, 1.54) is 0 Å². The Morgan fingerprint density at radius 1 is 1.62 bits per heavy atom. The van der Waals surface area contributed by atoms with E-state index in [9.17, 15) is 4.79 Å².